The molecule has 0 amide bonds. The Bertz CT molecular complexity index is 878. The van der Waals surface area contributed by atoms with Crippen LogP contribution in [0.4, 0.5) is 0 Å². The number of hydrogen-bond donors (Lipinski definition) is 2. The first kappa shape index (κ1) is 14.0. The largest absolute Gasteiger partial charge is 0.508 e. The Morgan fingerprint density at radius 2 is 1.86 bits per heavy atom. The quantitative estimate of drug-likeness (QED) is 0.773. The van der Waals surface area contributed by atoms with Crippen molar-refractivity contribution >= 4 is 11.0 Å². The zero-order chi connectivity index (χ0) is 15.7. The summed E-state index contributed by atoms with van der Waals surface area (Å²) in [6, 6.07) is 9.69. The van der Waals surface area contributed by atoms with E-state index in [9.17, 15) is 15.0 Å². The van der Waals surface area contributed by atoms with Crippen LogP contribution in [-0.2, 0) is 6.42 Å². The number of aromatic hydroxyl groups is 2. The number of ether oxygens (including phenoxy) is 1. The molecule has 2 aromatic carbocycles. The molecule has 0 bridgehead atoms. The van der Waals surface area contributed by atoms with Gasteiger partial charge < -0.3 is 19.4 Å². The minimum absolute atomic E-state index is 0.0273. The highest BCUT2D eigenvalue weighted by Crippen LogP contribution is 2.30. The number of benzene rings is 2. The summed E-state index contributed by atoms with van der Waals surface area (Å²) < 4.78 is 10.8. The fraction of sp³-hybridized carbons (Fsp3) is 0.118. The van der Waals surface area contributed by atoms with Crippen molar-refractivity contribution in [1.29, 1.82) is 0 Å². The van der Waals surface area contributed by atoms with E-state index in [0.29, 0.717) is 5.75 Å². The molecule has 0 aliphatic rings. The van der Waals surface area contributed by atoms with Crippen LogP contribution in [0, 0.1) is 0 Å². The van der Waals surface area contributed by atoms with Gasteiger partial charge in [-0.2, -0.15) is 0 Å². The molecule has 0 spiro atoms. The third-order valence-corrected chi connectivity index (χ3v) is 3.37. The van der Waals surface area contributed by atoms with Crippen molar-refractivity contribution in [3.63, 3.8) is 0 Å². The summed E-state index contributed by atoms with van der Waals surface area (Å²) in [5.74, 6) is -0.0626. The second-order valence-corrected chi connectivity index (χ2v) is 4.87. The molecule has 2 N–H and O–H groups in total. The van der Waals surface area contributed by atoms with Gasteiger partial charge in [0.15, 0.2) is 0 Å². The summed E-state index contributed by atoms with van der Waals surface area (Å²) in [7, 11) is 0. The molecule has 1 aromatic heterocycles. The Labute approximate surface area is 126 Å². The number of fused-ring (bicyclic) bond motifs is 1. The molecule has 0 saturated carbocycles. The van der Waals surface area contributed by atoms with Gasteiger partial charge in [-0.05, 0) is 24.1 Å². The van der Waals surface area contributed by atoms with Crippen LogP contribution in [0.3, 0.4) is 0 Å². The highest BCUT2D eigenvalue weighted by molar-refractivity contribution is 5.85. The molecule has 0 aliphatic heterocycles. The third-order valence-electron chi connectivity index (χ3n) is 3.37. The van der Waals surface area contributed by atoms with Crippen LogP contribution in [0.25, 0.3) is 11.0 Å². The number of phenolic OH excluding ortho intramolecular Hbond substituents is 2. The summed E-state index contributed by atoms with van der Waals surface area (Å²) in [5.41, 5.74) is 0.750. The van der Waals surface area contributed by atoms with Gasteiger partial charge in [-0.15, -0.1) is 0 Å². The van der Waals surface area contributed by atoms with Gasteiger partial charge in [0.05, 0.1) is 0 Å². The van der Waals surface area contributed by atoms with Crippen molar-refractivity contribution in [2.45, 2.75) is 13.3 Å². The minimum atomic E-state index is -0.502. The fourth-order valence-electron chi connectivity index (χ4n) is 2.19. The van der Waals surface area contributed by atoms with E-state index in [1.807, 2.05) is 19.1 Å². The molecule has 0 aliphatic carbocycles. The molecular weight excluding hydrogens is 284 g/mol. The van der Waals surface area contributed by atoms with E-state index in [4.69, 9.17) is 9.15 Å². The summed E-state index contributed by atoms with van der Waals surface area (Å²) in [6.45, 7) is 2.05. The zero-order valence-electron chi connectivity index (χ0n) is 11.9. The van der Waals surface area contributed by atoms with E-state index in [0.717, 1.165) is 24.3 Å². The van der Waals surface area contributed by atoms with Crippen LogP contribution in [0.2, 0.25) is 0 Å². The maximum atomic E-state index is 12.4. The van der Waals surface area contributed by atoms with E-state index >= 15 is 0 Å². The van der Waals surface area contributed by atoms with E-state index in [1.165, 1.54) is 6.07 Å². The van der Waals surface area contributed by atoms with Crippen molar-refractivity contribution in [2.75, 3.05) is 0 Å². The Morgan fingerprint density at radius 3 is 2.55 bits per heavy atom. The maximum absolute atomic E-state index is 12.4. The summed E-state index contributed by atoms with van der Waals surface area (Å²) in [5, 5.41) is 19.2. The topological polar surface area (TPSA) is 79.9 Å². The molecule has 5 heteroatoms. The van der Waals surface area contributed by atoms with Gasteiger partial charge in [-0.25, -0.2) is 0 Å². The van der Waals surface area contributed by atoms with Gasteiger partial charge in [0.2, 0.25) is 11.2 Å². The van der Waals surface area contributed by atoms with Crippen molar-refractivity contribution in [3.8, 4) is 23.0 Å². The molecule has 0 radical (unpaired) electrons. The highest BCUT2D eigenvalue weighted by atomic mass is 16.5. The molecule has 1 heterocycles. The van der Waals surface area contributed by atoms with Crippen LogP contribution in [0.1, 0.15) is 12.5 Å². The van der Waals surface area contributed by atoms with Gasteiger partial charge in [0.1, 0.15) is 34.5 Å². The number of hydrogen-bond acceptors (Lipinski definition) is 5. The average Bonchev–Trinajstić information content (AvgIpc) is 2.50. The van der Waals surface area contributed by atoms with Crippen LogP contribution in [0.5, 0.6) is 23.0 Å². The zero-order valence-corrected chi connectivity index (χ0v) is 11.9. The molecule has 0 fully saturated rings. The first-order chi connectivity index (χ1) is 10.6. The van der Waals surface area contributed by atoms with E-state index in [2.05, 4.69) is 0 Å². The predicted octanol–water partition coefficient (Wildman–Crippen LogP) is 3.56. The average molecular weight is 298 g/mol. The molecule has 112 valence electrons. The van der Waals surface area contributed by atoms with Crippen LogP contribution in [0.15, 0.2) is 51.9 Å². The lowest BCUT2D eigenvalue weighted by molar-refractivity contribution is 0.439. The monoisotopic (exact) mass is 298 g/mol. The molecule has 3 rings (SSSR count). The Kier molecular flexibility index (Phi) is 3.47. The minimum Gasteiger partial charge on any atom is -0.508 e. The molecule has 0 unspecified atom stereocenters. The summed E-state index contributed by atoms with van der Waals surface area (Å²) in [4.78, 5) is 12.4. The lowest BCUT2D eigenvalue weighted by Crippen LogP contribution is -2.05. The molecule has 3 aromatic rings. The van der Waals surface area contributed by atoms with Gasteiger partial charge in [0.25, 0.3) is 0 Å². The second kappa shape index (κ2) is 5.44. The smallest absolute Gasteiger partial charge is 0.238 e. The SMILES string of the molecule is CCc1ccc(Oc2coc3cc(O)cc(O)c3c2=O)cc1. The molecular formula is C17H14O5. The Hall–Kier alpha value is -2.95. The summed E-state index contributed by atoms with van der Waals surface area (Å²) >= 11 is 0. The normalized spacial score (nSPS) is 10.8. The van der Waals surface area contributed by atoms with Crippen LogP contribution >= 0.6 is 0 Å². The second-order valence-electron chi connectivity index (χ2n) is 4.87. The standard InChI is InChI=1S/C17H14O5/c1-2-10-3-5-12(6-4-10)22-15-9-21-14-8-11(18)7-13(19)16(14)17(15)20/h3-9,18-19H,2H2,1H3. The van der Waals surface area contributed by atoms with Gasteiger partial charge in [-0.3, -0.25) is 4.79 Å². The number of aryl methyl sites for hydroxylation is 1. The van der Waals surface area contributed by atoms with Gasteiger partial charge >= 0.3 is 0 Å². The Balaban J connectivity index is 2.04. The van der Waals surface area contributed by atoms with Crippen LogP contribution in [-0.4, -0.2) is 10.2 Å². The first-order valence-electron chi connectivity index (χ1n) is 6.82. The predicted molar refractivity (Wildman–Crippen MR) is 81.7 cm³/mol. The van der Waals surface area contributed by atoms with Crippen LogP contribution < -0.4 is 10.2 Å². The molecule has 5 nitrogen and oxygen atoms in total. The molecule has 22 heavy (non-hydrogen) atoms. The van der Waals surface area contributed by atoms with Crippen molar-refractivity contribution in [3.05, 3.63) is 58.4 Å². The van der Waals surface area contributed by atoms with Gasteiger partial charge in [-0.1, -0.05) is 19.1 Å². The van der Waals surface area contributed by atoms with E-state index < -0.39 is 5.43 Å². The maximum Gasteiger partial charge on any atom is 0.238 e. The molecule has 0 saturated heterocycles. The van der Waals surface area contributed by atoms with E-state index in [1.54, 1.807) is 12.1 Å². The van der Waals surface area contributed by atoms with Crippen molar-refractivity contribution in [2.24, 2.45) is 0 Å². The van der Waals surface area contributed by atoms with E-state index in [-0.39, 0.29) is 28.2 Å². The van der Waals surface area contributed by atoms with Gasteiger partial charge in [0, 0.05) is 12.1 Å². The molecule has 0 atom stereocenters. The third kappa shape index (κ3) is 2.48. The first-order valence-corrected chi connectivity index (χ1v) is 6.82. The highest BCUT2D eigenvalue weighted by Gasteiger charge is 2.14. The lowest BCUT2D eigenvalue weighted by atomic mass is 10.2. The lowest BCUT2D eigenvalue weighted by Gasteiger charge is -2.07. The Morgan fingerprint density at radius 1 is 1.14 bits per heavy atom. The van der Waals surface area contributed by atoms with Crippen molar-refractivity contribution < 1.29 is 19.4 Å². The summed E-state index contributed by atoms with van der Waals surface area (Å²) in [6.07, 6.45) is 2.08. The fourth-order valence-corrected chi connectivity index (χ4v) is 2.19. The van der Waals surface area contributed by atoms with Crippen molar-refractivity contribution in [1.82, 2.24) is 0 Å². The number of rotatable bonds is 3. The number of phenols is 2.